The van der Waals surface area contributed by atoms with Gasteiger partial charge in [-0.1, -0.05) is 85.3 Å². The molecule has 1 heteroatoms. The molecule has 4 aromatic rings. The maximum absolute atomic E-state index is 4.62. The average Bonchev–Trinajstić information content (AvgIpc) is 2.80. The minimum Gasteiger partial charge on any atom is -0.256 e. The molecule has 0 atom stereocenters. The highest BCUT2D eigenvalue weighted by atomic mass is 14.7. The number of nitrogens with zero attached hydrogens (tertiary/aromatic N) is 1. The van der Waals surface area contributed by atoms with E-state index in [9.17, 15) is 0 Å². The smallest absolute Gasteiger partial charge is 0.0708 e. The Kier molecular flexibility index (Phi) is 6.49. The maximum Gasteiger partial charge on any atom is 0.0708 e. The van der Waals surface area contributed by atoms with Gasteiger partial charge >= 0.3 is 0 Å². The summed E-state index contributed by atoms with van der Waals surface area (Å²) < 4.78 is 0. The van der Waals surface area contributed by atoms with E-state index >= 15 is 0 Å². The molecule has 3 aromatic carbocycles. The van der Waals surface area contributed by atoms with Crippen molar-refractivity contribution in [1.82, 2.24) is 4.98 Å². The Morgan fingerprint density at radius 2 is 1.14 bits per heavy atom. The molecule has 0 fully saturated rings. The van der Waals surface area contributed by atoms with Crippen LogP contribution in [0.25, 0.3) is 22.4 Å². The minimum absolute atomic E-state index is 1.04. The van der Waals surface area contributed by atoms with E-state index in [2.05, 4.69) is 102 Å². The van der Waals surface area contributed by atoms with Crippen LogP contribution in [0.2, 0.25) is 0 Å². The first-order chi connectivity index (χ1) is 14.4. The first-order valence-electron chi connectivity index (χ1n) is 10.5. The van der Waals surface area contributed by atoms with Crippen LogP contribution in [-0.4, -0.2) is 4.98 Å². The largest absolute Gasteiger partial charge is 0.256 e. The molecule has 1 heterocycles. The van der Waals surface area contributed by atoms with E-state index in [0.29, 0.717) is 0 Å². The van der Waals surface area contributed by atoms with E-state index in [0.717, 1.165) is 12.1 Å². The Labute approximate surface area is 174 Å². The Morgan fingerprint density at radius 3 is 1.93 bits per heavy atom. The van der Waals surface area contributed by atoms with Gasteiger partial charge in [0.15, 0.2) is 0 Å². The number of hydrogen-bond acceptors (Lipinski definition) is 1. The molecule has 0 aliphatic heterocycles. The van der Waals surface area contributed by atoms with Gasteiger partial charge < -0.3 is 0 Å². The molecule has 1 nitrogen and oxygen atoms in total. The SMILES string of the molecule is c1ccc(CCCCCc2cccc(-c3cc(-c4ccccc4)ccn3)c2)cc1. The highest BCUT2D eigenvalue weighted by Crippen LogP contribution is 2.25. The molecule has 0 radical (unpaired) electrons. The first-order valence-corrected chi connectivity index (χ1v) is 10.5. The lowest BCUT2D eigenvalue weighted by Gasteiger charge is -2.08. The number of pyridine rings is 1. The highest BCUT2D eigenvalue weighted by molar-refractivity contribution is 5.70. The number of rotatable bonds is 8. The third-order valence-electron chi connectivity index (χ3n) is 5.36. The molecular weight excluding hydrogens is 350 g/mol. The van der Waals surface area contributed by atoms with Crippen LogP contribution in [-0.2, 0) is 12.8 Å². The van der Waals surface area contributed by atoms with E-state index < -0.39 is 0 Å². The van der Waals surface area contributed by atoms with Crippen LogP contribution in [0.1, 0.15) is 30.4 Å². The number of aryl methyl sites for hydroxylation is 2. The fraction of sp³-hybridized carbons (Fsp3) is 0.179. The summed E-state index contributed by atoms with van der Waals surface area (Å²) in [5.41, 5.74) is 7.52. The van der Waals surface area contributed by atoms with Crippen LogP contribution >= 0.6 is 0 Å². The van der Waals surface area contributed by atoms with Crippen molar-refractivity contribution in [3.05, 3.63) is 114 Å². The standard InChI is InChI=1S/C28H27N/c1-4-11-23(12-5-1)13-6-2-7-14-24-15-10-18-27(21-24)28-22-26(19-20-29-28)25-16-8-3-9-17-25/h1,3-5,8-12,15-22H,2,6-7,13-14H2. The lowest BCUT2D eigenvalue weighted by molar-refractivity contribution is 0.678. The molecule has 0 N–H and O–H groups in total. The predicted octanol–water partition coefficient (Wildman–Crippen LogP) is 7.37. The molecule has 0 saturated carbocycles. The normalized spacial score (nSPS) is 10.8. The monoisotopic (exact) mass is 377 g/mol. The van der Waals surface area contributed by atoms with Crippen molar-refractivity contribution in [2.45, 2.75) is 32.1 Å². The quantitative estimate of drug-likeness (QED) is 0.292. The number of hydrogen-bond donors (Lipinski definition) is 0. The second kappa shape index (κ2) is 9.84. The fourth-order valence-electron chi connectivity index (χ4n) is 3.76. The Morgan fingerprint density at radius 1 is 0.483 bits per heavy atom. The molecule has 0 aliphatic carbocycles. The first kappa shape index (κ1) is 19.1. The highest BCUT2D eigenvalue weighted by Gasteiger charge is 2.04. The van der Waals surface area contributed by atoms with Crippen molar-refractivity contribution in [2.75, 3.05) is 0 Å². The predicted molar refractivity (Wildman–Crippen MR) is 123 cm³/mol. The van der Waals surface area contributed by atoms with Gasteiger partial charge in [0.2, 0.25) is 0 Å². The van der Waals surface area contributed by atoms with Gasteiger partial charge in [0.25, 0.3) is 0 Å². The van der Waals surface area contributed by atoms with Gasteiger partial charge in [-0.05, 0) is 66.1 Å². The van der Waals surface area contributed by atoms with E-state index in [-0.39, 0.29) is 0 Å². The van der Waals surface area contributed by atoms with Crippen LogP contribution in [0, 0.1) is 0 Å². The van der Waals surface area contributed by atoms with Gasteiger partial charge in [0, 0.05) is 11.8 Å². The van der Waals surface area contributed by atoms with Gasteiger partial charge in [0.05, 0.1) is 5.69 Å². The summed E-state index contributed by atoms with van der Waals surface area (Å²) >= 11 is 0. The van der Waals surface area contributed by atoms with Crippen molar-refractivity contribution in [1.29, 1.82) is 0 Å². The fourth-order valence-corrected chi connectivity index (χ4v) is 3.76. The average molecular weight is 378 g/mol. The van der Waals surface area contributed by atoms with Crippen molar-refractivity contribution >= 4 is 0 Å². The number of benzene rings is 3. The maximum atomic E-state index is 4.62. The lowest BCUT2D eigenvalue weighted by Crippen LogP contribution is -1.91. The molecular formula is C28H27N. The van der Waals surface area contributed by atoms with Crippen LogP contribution < -0.4 is 0 Å². The number of aromatic nitrogens is 1. The van der Waals surface area contributed by atoms with Gasteiger partial charge in [-0.25, -0.2) is 0 Å². The van der Waals surface area contributed by atoms with Crippen molar-refractivity contribution in [3.8, 4) is 22.4 Å². The van der Waals surface area contributed by atoms with E-state index in [1.165, 1.54) is 53.5 Å². The van der Waals surface area contributed by atoms with E-state index in [1.54, 1.807) is 0 Å². The lowest BCUT2D eigenvalue weighted by atomic mass is 10.00. The Hall–Kier alpha value is -3.19. The van der Waals surface area contributed by atoms with Gasteiger partial charge in [0.1, 0.15) is 0 Å². The number of unbranched alkanes of at least 4 members (excludes halogenated alkanes) is 2. The van der Waals surface area contributed by atoms with Gasteiger partial charge in [-0.2, -0.15) is 0 Å². The zero-order valence-corrected chi connectivity index (χ0v) is 16.8. The second-order valence-corrected chi connectivity index (χ2v) is 7.54. The molecule has 144 valence electrons. The molecule has 0 aliphatic rings. The van der Waals surface area contributed by atoms with Crippen molar-refractivity contribution in [3.63, 3.8) is 0 Å². The Balaban J connectivity index is 1.36. The zero-order valence-electron chi connectivity index (χ0n) is 16.8. The van der Waals surface area contributed by atoms with Crippen molar-refractivity contribution < 1.29 is 0 Å². The van der Waals surface area contributed by atoms with Crippen LogP contribution in [0.5, 0.6) is 0 Å². The van der Waals surface area contributed by atoms with Gasteiger partial charge in [-0.15, -0.1) is 0 Å². The molecule has 0 spiro atoms. The van der Waals surface area contributed by atoms with E-state index in [1.807, 2.05) is 6.20 Å². The summed E-state index contributed by atoms with van der Waals surface area (Å²) in [5, 5.41) is 0. The summed E-state index contributed by atoms with van der Waals surface area (Å²) in [4.78, 5) is 4.62. The molecule has 0 saturated heterocycles. The second-order valence-electron chi connectivity index (χ2n) is 7.54. The van der Waals surface area contributed by atoms with Crippen LogP contribution in [0.3, 0.4) is 0 Å². The zero-order chi connectivity index (χ0) is 19.7. The summed E-state index contributed by atoms with van der Waals surface area (Å²) in [6.07, 6.45) is 7.96. The van der Waals surface area contributed by atoms with Crippen LogP contribution in [0.15, 0.2) is 103 Å². The summed E-state index contributed by atoms with van der Waals surface area (Å²) in [6, 6.07) is 34.4. The molecule has 29 heavy (non-hydrogen) atoms. The Bertz CT molecular complexity index is 1020. The molecule has 4 rings (SSSR count). The summed E-state index contributed by atoms with van der Waals surface area (Å²) in [6.45, 7) is 0. The van der Waals surface area contributed by atoms with E-state index in [4.69, 9.17) is 0 Å². The molecule has 0 amide bonds. The summed E-state index contributed by atoms with van der Waals surface area (Å²) in [7, 11) is 0. The minimum atomic E-state index is 1.04. The molecule has 0 unspecified atom stereocenters. The molecule has 1 aromatic heterocycles. The third kappa shape index (κ3) is 5.42. The summed E-state index contributed by atoms with van der Waals surface area (Å²) in [5.74, 6) is 0. The van der Waals surface area contributed by atoms with Crippen molar-refractivity contribution in [2.24, 2.45) is 0 Å². The van der Waals surface area contributed by atoms with Gasteiger partial charge in [-0.3, -0.25) is 4.98 Å². The third-order valence-corrected chi connectivity index (χ3v) is 5.36. The van der Waals surface area contributed by atoms with Crippen LogP contribution in [0.4, 0.5) is 0 Å². The topological polar surface area (TPSA) is 12.9 Å². The molecule has 0 bridgehead atoms.